The average molecular weight is 132 g/mol. The Morgan fingerprint density at radius 2 is 0.900 bits per heavy atom. The molecule has 0 aliphatic carbocycles. The Kier molecular flexibility index (Phi) is 1.04. The minimum atomic E-state index is 0.588. The largest absolute Gasteiger partial charge is 0.232 e. The summed E-state index contributed by atoms with van der Waals surface area (Å²) < 4.78 is 0. The molecule has 0 unspecified atom stereocenters. The fourth-order valence-electron chi connectivity index (χ4n) is 0.713. The lowest BCUT2D eigenvalue weighted by molar-refractivity contribution is 1.13. The van der Waals surface area contributed by atoms with Gasteiger partial charge in [-0.2, -0.15) is 0 Å². The topological polar surface area (TPSA) is 49.4 Å². The summed E-state index contributed by atoms with van der Waals surface area (Å²) in [6, 6.07) is 0. The standard InChI is InChI=1S/C6H4N4/c1-2-8-5(7-1)6-9-3-4-10-6/h1-4H. The zero-order chi connectivity index (χ0) is 6.81. The summed E-state index contributed by atoms with van der Waals surface area (Å²) in [7, 11) is 0. The fraction of sp³-hybridized carbons (Fsp3) is 0. The molecule has 2 aliphatic rings. The first-order valence-electron chi connectivity index (χ1n) is 2.84. The van der Waals surface area contributed by atoms with Crippen LogP contribution in [0.25, 0.3) is 0 Å². The molecule has 0 bridgehead atoms. The van der Waals surface area contributed by atoms with E-state index in [-0.39, 0.29) is 0 Å². The normalized spacial score (nSPS) is 20.0. The molecule has 2 aliphatic heterocycles. The Morgan fingerprint density at radius 3 is 1.20 bits per heavy atom. The molecule has 2 heterocycles. The van der Waals surface area contributed by atoms with Crippen molar-refractivity contribution < 1.29 is 0 Å². The van der Waals surface area contributed by atoms with Gasteiger partial charge in [-0.25, -0.2) is 20.0 Å². The number of nitrogens with zero attached hydrogens (tertiary/aromatic N) is 4. The summed E-state index contributed by atoms with van der Waals surface area (Å²) >= 11 is 0. The molecule has 2 rings (SSSR count). The summed E-state index contributed by atoms with van der Waals surface area (Å²) in [5, 5.41) is 0. The van der Waals surface area contributed by atoms with E-state index in [1.807, 2.05) is 0 Å². The molecule has 0 aromatic carbocycles. The fourth-order valence-corrected chi connectivity index (χ4v) is 0.713. The van der Waals surface area contributed by atoms with Gasteiger partial charge in [-0.1, -0.05) is 0 Å². The van der Waals surface area contributed by atoms with E-state index in [2.05, 4.69) is 20.0 Å². The monoisotopic (exact) mass is 132 g/mol. The van der Waals surface area contributed by atoms with Gasteiger partial charge in [0.1, 0.15) is 0 Å². The number of rotatable bonds is 0. The van der Waals surface area contributed by atoms with Crippen molar-refractivity contribution >= 4 is 24.9 Å². The molecule has 0 saturated carbocycles. The first-order valence-corrected chi connectivity index (χ1v) is 2.84. The van der Waals surface area contributed by atoms with Crippen LogP contribution in [0.3, 0.4) is 0 Å². The van der Waals surface area contributed by atoms with Crippen molar-refractivity contribution in [2.24, 2.45) is 20.0 Å². The van der Waals surface area contributed by atoms with Crippen LogP contribution < -0.4 is 0 Å². The lowest BCUT2D eigenvalue weighted by atomic mass is 10.7. The lowest BCUT2D eigenvalue weighted by Gasteiger charge is -1.87. The molecular weight excluding hydrogens is 128 g/mol. The maximum absolute atomic E-state index is 3.92. The molecule has 10 heavy (non-hydrogen) atoms. The zero-order valence-electron chi connectivity index (χ0n) is 5.10. The maximum Gasteiger partial charge on any atom is 0.197 e. The molecular formula is C6H4N4. The van der Waals surface area contributed by atoms with E-state index in [0.29, 0.717) is 11.6 Å². The molecule has 0 saturated heterocycles. The molecule has 0 aromatic rings. The third kappa shape index (κ3) is 0.699. The highest BCUT2D eigenvalue weighted by atomic mass is 15.1. The van der Waals surface area contributed by atoms with Crippen molar-refractivity contribution in [1.29, 1.82) is 0 Å². The smallest absolute Gasteiger partial charge is 0.197 e. The predicted octanol–water partition coefficient (Wildman–Crippen LogP) is 0.423. The van der Waals surface area contributed by atoms with E-state index in [1.54, 1.807) is 24.9 Å². The van der Waals surface area contributed by atoms with Crippen LogP contribution in [-0.2, 0) is 0 Å². The van der Waals surface area contributed by atoms with E-state index in [9.17, 15) is 0 Å². The van der Waals surface area contributed by atoms with Gasteiger partial charge in [-0.15, -0.1) is 0 Å². The Labute approximate surface area is 57.4 Å². The SMILES string of the molecule is C1=NC(=C2N=CC=N2)N=C1. The quantitative estimate of drug-likeness (QED) is 0.458. The molecule has 0 atom stereocenters. The van der Waals surface area contributed by atoms with E-state index in [4.69, 9.17) is 0 Å². The minimum absolute atomic E-state index is 0.588. The first-order chi connectivity index (χ1) is 4.97. The summed E-state index contributed by atoms with van der Waals surface area (Å²) in [5.74, 6) is 1.18. The third-order valence-corrected chi connectivity index (χ3v) is 1.12. The number of hydrogen-bond acceptors (Lipinski definition) is 4. The minimum Gasteiger partial charge on any atom is -0.232 e. The summed E-state index contributed by atoms with van der Waals surface area (Å²) in [6.07, 6.45) is 6.47. The third-order valence-electron chi connectivity index (χ3n) is 1.12. The summed E-state index contributed by atoms with van der Waals surface area (Å²) in [4.78, 5) is 15.7. The van der Waals surface area contributed by atoms with Gasteiger partial charge < -0.3 is 0 Å². The van der Waals surface area contributed by atoms with Gasteiger partial charge in [0.2, 0.25) is 0 Å². The van der Waals surface area contributed by atoms with Crippen LogP contribution in [0.1, 0.15) is 0 Å². The van der Waals surface area contributed by atoms with Crippen LogP contribution in [0, 0.1) is 0 Å². The molecule has 0 aromatic heterocycles. The van der Waals surface area contributed by atoms with Gasteiger partial charge in [0, 0.05) is 24.9 Å². The van der Waals surface area contributed by atoms with Crippen molar-refractivity contribution in [1.82, 2.24) is 0 Å². The predicted molar refractivity (Wildman–Crippen MR) is 41.0 cm³/mol. The lowest BCUT2D eigenvalue weighted by Crippen LogP contribution is -1.72. The van der Waals surface area contributed by atoms with Crippen molar-refractivity contribution in [3.63, 3.8) is 0 Å². The molecule has 0 spiro atoms. The molecule has 0 fully saturated rings. The van der Waals surface area contributed by atoms with Crippen molar-refractivity contribution in [3.05, 3.63) is 11.6 Å². The van der Waals surface area contributed by atoms with Crippen LogP contribution >= 0.6 is 0 Å². The highest BCUT2D eigenvalue weighted by molar-refractivity contribution is 6.19. The van der Waals surface area contributed by atoms with Crippen LogP contribution in [0.15, 0.2) is 31.6 Å². The second kappa shape index (κ2) is 1.98. The molecule has 0 amide bonds. The van der Waals surface area contributed by atoms with Crippen molar-refractivity contribution in [3.8, 4) is 0 Å². The van der Waals surface area contributed by atoms with Crippen LogP contribution in [0.4, 0.5) is 0 Å². The van der Waals surface area contributed by atoms with Gasteiger partial charge in [0.05, 0.1) is 0 Å². The highest BCUT2D eigenvalue weighted by Gasteiger charge is 2.04. The van der Waals surface area contributed by atoms with Crippen LogP contribution in [0.5, 0.6) is 0 Å². The Balaban J connectivity index is 2.46. The number of aliphatic imine (C=N–C) groups is 4. The molecule has 0 radical (unpaired) electrons. The Hall–Kier alpha value is -1.58. The van der Waals surface area contributed by atoms with E-state index >= 15 is 0 Å². The Morgan fingerprint density at radius 1 is 0.600 bits per heavy atom. The van der Waals surface area contributed by atoms with Crippen molar-refractivity contribution in [2.45, 2.75) is 0 Å². The van der Waals surface area contributed by atoms with Crippen molar-refractivity contribution in [2.75, 3.05) is 0 Å². The molecule has 4 heteroatoms. The average Bonchev–Trinajstić information content (AvgIpc) is 2.59. The first kappa shape index (κ1) is 5.22. The molecule has 48 valence electrons. The molecule has 0 N–H and O–H groups in total. The van der Waals surface area contributed by atoms with Crippen LogP contribution in [0.2, 0.25) is 0 Å². The highest BCUT2D eigenvalue weighted by Crippen LogP contribution is 2.13. The van der Waals surface area contributed by atoms with E-state index in [1.165, 1.54) is 0 Å². The Bertz CT molecular complexity index is 235. The van der Waals surface area contributed by atoms with Gasteiger partial charge in [0.15, 0.2) is 11.6 Å². The second-order valence-corrected chi connectivity index (χ2v) is 1.76. The molecule has 4 nitrogen and oxygen atoms in total. The van der Waals surface area contributed by atoms with Crippen LogP contribution in [-0.4, -0.2) is 24.9 Å². The summed E-state index contributed by atoms with van der Waals surface area (Å²) in [5.41, 5.74) is 0. The van der Waals surface area contributed by atoms with Gasteiger partial charge in [-0.05, 0) is 0 Å². The van der Waals surface area contributed by atoms with Gasteiger partial charge in [0.25, 0.3) is 0 Å². The summed E-state index contributed by atoms with van der Waals surface area (Å²) in [6.45, 7) is 0. The maximum atomic E-state index is 3.92. The van der Waals surface area contributed by atoms with E-state index in [0.717, 1.165) is 0 Å². The van der Waals surface area contributed by atoms with Gasteiger partial charge in [-0.3, -0.25) is 0 Å². The second-order valence-electron chi connectivity index (χ2n) is 1.76. The number of hydrogen-bond donors (Lipinski definition) is 0. The zero-order valence-corrected chi connectivity index (χ0v) is 5.10. The van der Waals surface area contributed by atoms with Gasteiger partial charge >= 0.3 is 0 Å². The van der Waals surface area contributed by atoms with E-state index < -0.39 is 0 Å².